The molecule has 0 amide bonds. The van der Waals surface area contributed by atoms with Gasteiger partial charge in [0.15, 0.2) is 5.57 Å². The minimum Gasteiger partial charge on any atom is -0.459 e. The summed E-state index contributed by atoms with van der Waals surface area (Å²) in [6.45, 7) is 7.04. The van der Waals surface area contributed by atoms with Crippen LogP contribution in [-0.2, 0) is 19.1 Å². The van der Waals surface area contributed by atoms with Crippen LogP contribution in [0.5, 0.6) is 0 Å². The molecule has 1 aliphatic rings. The van der Waals surface area contributed by atoms with Crippen LogP contribution in [0.1, 0.15) is 34.1 Å². The van der Waals surface area contributed by atoms with Crippen LogP contribution in [0.15, 0.2) is 9.81 Å². The van der Waals surface area contributed by atoms with Gasteiger partial charge in [-0.05, 0) is 45.6 Å². The number of carbonyl (C=O) groups is 2. The molecule has 0 aromatic carbocycles. The Morgan fingerprint density at radius 2 is 1.37 bits per heavy atom. The average Bonchev–Trinajstić information content (AvgIpc) is 2.28. The Morgan fingerprint density at radius 1 is 0.947 bits per heavy atom. The molecule has 0 atom stereocenters. The van der Waals surface area contributed by atoms with E-state index >= 15 is 0 Å². The van der Waals surface area contributed by atoms with Crippen LogP contribution in [0.3, 0.4) is 0 Å². The van der Waals surface area contributed by atoms with Gasteiger partial charge in [-0.3, -0.25) is 0 Å². The first-order valence-corrected chi connectivity index (χ1v) is 8.30. The maximum Gasteiger partial charge on any atom is 0.347 e. The molecule has 4 nitrogen and oxygen atoms in total. The summed E-state index contributed by atoms with van der Waals surface area (Å²) in [5, 5.41) is 0. The van der Waals surface area contributed by atoms with E-state index in [2.05, 4.69) is 0 Å². The summed E-state index contributed by atoms with van der Waals surface area (Å²) in [6.07, 6.45) is 0.562. The van der Waals surface area contributed by atoms with Gasteiger partial charge in [-0.15, -0.1) is 23.5 Å². The van der Waals surface area contributed by atoms with E-state index in [-0.39, 0.29) is 17.8 Å². The van der Waals surface area contributed by atoms with Crippen molar-refractivity contribution in [1.29, 1.82) is 0 Å². The molecule has 1 fully saturated rings. The van der Waals surface area contributed by atoms with Crippen molar-refractivity contribution in [3.05, 3.63) is 9.81 Å². The van der Waals surface area contributed by atoms with Crippen molar-refractivity contribution in [2.75, 3.05) is 11.5 Å². The van der Waals surface area contributed by atoms with Crippen molar-refractivity contribution in [2.24, 2.45) is 0 Å². The summed E-state index contributed by atoms with van der Waals surface area (Å²) in [4.78, 5) is 24.1. The molecule has 0 aromatic rings. The summed E-state index contributed by atoms with van der Waals surface area (Å²) < 4.78 is 11.0. The number of thioether (sulfide) groups is 2. The van der Waals surface area contributed by atoms with Gasteiger partial charge in [0.2, 0.25) is 0 Å². The normalized spacial score (nSPS) is 15.6. The van der Waals surface area contributed by atoms with Crippen molar-refractivity contribution in [2.45, 2.75) is 46.3 Å². The van der Waals surface area contributed by atoms with Crippen molar-refractivity contribution in [3.8, 4) is 0 Å². The van der Waals surface area contributed by atoms with Crippen molar-refractivity contribution in [1.82, 2.24) is 0 Å². The summed E-state index contributed by atoms with van der Waals surface area (Å²) in [5.41, 5.74) is 0.0529. The summed E-state index contributed by atoms with van der Waals surface area (Å²) in [5.74, 6) is 0.654. The molecular formula is C13H20O4S2. The maximum atomic E-state index is 12.1. The predicted octanol–water partition coefficient (Wildman–Crippen LogP) is 2.97. The van der Waals surface area contributed by atoms with E-state index in [1.807, 2.05) is 0 Å². The van der Waals surface area contributed by atoms with Gasteiger partial charge in [-0.1, -0.05) is 0 Å². The second-order valence-corrected chi connectivity index (χ2v) is 7.09. The standard InChI is InChI=1S/C13H20O4S2/c1-8(2)16-11(14)10(12(15)17-9(3)4)13-18-6-5-7-19-13/h8-9H,5-7H2,1-4H3. The van der Waals surface area contributed by atoms with Gasteiger partial charge < -0.3 is 9.47 Å². The first-order chi connectivity index (χ1) is 8.91. The van der Waals surface area contributed by atoms with Crippen molar-refractivity contribution < 1.29 is 19.1 Å². The largest absolute Gasteiger partial charge is 0.459 e. The van der Waals surface area contributed by atoms with Gasteiger partial charge >= 0.3 is 11.9 Å². The fourth-order valence-corrected chi connectivity index (χ4v) is 3.96. The van der Waals surface area contributed by atoms with E-state index in [0.29, 0.717) is 0 Å². The third-order valence-corrected chi connectivity index (χ3v) is 4.68. The Hall–Kier alpha value is -0.620. The predicted molar refractivity (Wildman–Crippen MR) is 79.0 cm³/mol. The zero-order valence-electron chi connectivity index (χ0n) is 11.7. The molecule has 0 aliphatic carbocycles. The van der Waals surface area contributed by atoms with Crippen LogP contribution in [0, 0.1) is 0 Å². The number of hydrogen-bond donors (Lipinski definition) is 0. The van der Waals surface area contributed by atoms with Gasteiger partial charge in [-0.2, -0.15) is 0 Å². The van der Waals surface area contributed by atoms with Crippen LogP contribution >= 0.6 is 23.5 Å². The Balaban J connectivity index is 2.96. The molecule has 1 rings (SSSR count). The quantitative estimate of drug-likeness (QED) is 0.344. The Morgan fingerprint density at radius 3 is 1.74 bits per heavy atom. The highest BCUT2D eigenvalue weighted by atomic mass is 32.2. The minimum atomic E-state index is -0.586. The molecule has 6 heteroatoms. The minimum absolute atomic E-state index is 0.0529. The Labute approximate surface area is 122 Å². The SMILES string of the molecule is CC(C)OC(=O)C(C(=O)OC(C)C)=C1SCCCS1. The van der Waals surface area contributed by atoms with Crippen molar-refractivity contribution >= 4 is 35.5 Å². The fraction of sp³-hybridized carbons (Fsp3) is 0.692. The van der Waals surface area contributed by atoms with Crippen LogP contribution in [-0.4, -0.2) is 35.7 Å². The Bertz CT molecular complexity index is 343. The third-order valence-electron chi connectivity index (χ3n) is 2.05. The van der Waals surface area contributed by atoms with Gasteiger partial charge in [0, 0.05) is 0 Å². The molecule has 0 aromatic heterocycles. The number of rotatable bonds is 4. The van der Waals surface area contributed by atoms with E-state index in [9.17, 15) is 9.59 Å². The maximum absolute atomic E-state index is 12.1. The highest BCUT2D eigenvalue weighted by molar-refractivity contribution is 8.22. The molecule has 1 aliphatic heterocycles. The molecule has 108 valence electrons. The molecule has 0 unspecified atom stereocenters. The van der Waals surface area contributed by atoms with E-state index in [1.165, 1.54) is 23.5 Å². The molecule has 19 heavy (non-hydrogen) atoms. The Kier molecular flexibility index (Phi) is 6.79. The van der Waals surface area contributed by atoms with Gasteiger partial charge in [-0.25, -0.2) is 9.59 Å². The molecule has 0 saturated carbocycles. The number of ether oxygens (including phenoxy) is 2. The van der Waals surface area contributed by atoms with Gasteiger partial charge in [0.1, 0.15) is 0 Å². The number of carbonyl (C=O) groups excluding carboxylic acids is 2. The summed E-state index contributed by atoms with van der Waals surface area (Å²) in [6, 6.07) is 0. The van der Waals surface area contributed by atoms with Gasteiger partial charge in [0.25, 0.3) is 0 Å². The van der Waals surface area contributed by atoms with Crippen LogP contribution in [0.2, 0.25) is 0 Å². The fourth-order valence-electron chi connectivity index (χ4n) is 1.37. The first kappa shape index (κ1) is 16.4. The molecular weight excluding hydrogens is 284 g/mol. The van der Waals surface area contributed by atoms with Crippen LogP contribution in [0.4, 0.5) is 0 Å². The number of esters is 2. The van der Waals surface area contributed by atoms with Crippen molar-refractivity contribution in [3.63, 3.8) is 0 Å². The lowest BCUT2D eigenvalue weighted by molar-refractivity contribution is -0.150. The second-order valence-electron chi connectivity index (χ2n) is 4.62. The first-order valence-electron chi connectivity index (χ1n) is 6.33. The molecule has 1 saturated heterocycles. The third kappa shape index (κ3) is 5.48. The summed E-state index contributed by atoms with van der Waals surface area (Å²) >= 11 is 3.05. The second kappa shape index (κ2) is 7.85. The molecule has 0 bridgehead atoms. The lowest BCUT2D eigenvalue weighted by Crippen LogP contribution is -2.24. The summed E-state index contributed by atoms with van der Waals surface area (Å²) in [7, 11) is 0. The molecule has 0 radical (unpaired) electrons. The van der Waals surface area contributed by atoms with Gasteiger partial charge in [0.05, 0.1) is 16.4 Å². The average molecular weight is 304 g/mol. The lowest BCUT2D eigenvalue weighted by atomic mass is 10.3. The van der Waals surface area contributed by atoms with E-state index in [0.717, 1.165) is 22.2 Å². The highest BCUT2D eigenvalue weighted by Crippen LogP contribution is 2.38. The van der Waals surface area contributed by atoms with E-state index < -0.39 is 11.9 Å². The lowest BCUT2D eigenvalue weighted by Gasteiger charge is -2.18. The van der Waals surface area contributed by atoms with Crippen LogP contribution in [0.25, 0.3) is 0 Å². The zero-order valence-corrected chi connectivity index (χ0v) is 13.4. The molecule has 1 heterocycles. The molecule has 0 N–H and O–H groups in total. The van der Waals surface area contributed by atoms with E-state index in [4.69, 9.17) is 9.47 Å². The number of hydrogen-bond acceptors (Lipinski definition) is 6. The van der Waals surface area contributed by atoms with Crippen LogP contribution < -0.4 is 0 Å². The van der Waals surface area contributed by atoms with E-state index in [1.54, 1.807) is 27.7 Å². The smallest absolute Gasteiger partial charge is 0.347 e. The highest BCUT2D eigenvalue weighted by Gasteiger charge is 2.29. The zero-order chi connectivity index (χ0) is 14.4. The molecule has 0 spiro atoms. The topological polar surface area (TPSA) is 52.6 Å². The monoisotopic (exact) mass is 304 g/mol.